The molecule has 17 heavy (non-hydrogen) atoms. The molecular formula is C12H17N3OS. The molecule has 2 N–H and O–H groups in total. The first-order chi connectivity index (χ1) is 7.91. The van der Waals surface area contributed by atoms with Gasteiger partial charge in [-0.25, -0.2) is 4.79 Å². The Morgan fingerprint density at radius 3 is 2.59 bits per heavy atom. The van der Waals surface area contributed by atoms with Crippen LogP contribution in [0.1, 0.15) is 35.2 Å². The van der Waals surface area contributed by atoms with Crippen molar-refractivity contribution in [3.05, 3.63) is 21.4 Å². The van der Waals surface area contributed by atoms with E-state index in [1.54, 1.807) is 16.2 Å². The number of nitrogens with zero attached hydrogens (tertiary/aromatic N) is 2. The number of hydrogen-bond acceptors (Lipinski definition) is 3. The average molecular weight is 251 g/mol. The highest BCUT2D eigenvalue weighted by Gasteiger charge is 2.37. The van der Waals surface area contributed by atoms with Gasteiger partial charge in [0, 0.05) is 15.8 Å². The fraction of sp³-hybridized carbons (Fsp3) is 0.500. The Morgan fingerprint density at radius 1 is 1.47 bits per heavy atom. The molecule has 5 heteroatoms. The molecule has 1 unspecified atom stereocenters. The molecule has 1 aliphatic rings. The third-order valence-electron chi connectivity index (χ3n) is 2.93. The molecule has 0 spiro atoms. The number of urea groups is 1. The van der Waals surface area contributed by atoms with Crippen molar-refractivity contribution >= 4 is 23.2 Å². The van der Waals surface area contributed by atoms with Crippen molar-refractivity contribution in [1.29, 1.82) is 0 Å². The van der Waals surface area contributed by atoms with Gasteiger partial charge in [-0.05, 0) is 39.3 Å². The molecule has 0 saturated carbocycles. The first-order valence-corrected chi connectivity index (χ1v) is 6.46. The molecule has 92 valence electrons. The van der Waals surface area contributed by atoms with Crippen molar-refractivity contribution in [2.45, 2.75) is 39.8 Å². The largest absolute Gasteiger partial charge is 0.385 e. The smallest absolute Gasteiger partial charge is 0.346 e. The molecule has 1 atom stereocenters. The van der Waals surface area contributed by atoms with Gasteiger partial charge in [0.2, 0.25) is 0 Å². The highest BCUT2D eigenvalue weighted by atomic mass is 32.1. The number of aryl methyl sites for hydroxylation is 2. The molecule has 4 nitrogen and oxygen atoms in total. The van der Waals surface area contributed by atoms with Crippen LogP contribution in [0.2, 0.25) is 0 Å². The minimum atomic E-state index is -0.231. The summed E-state index contributed by atoms with van der Waals surface area (Å²) in [6, 6.07) is 1.77. The van der Waals surface area contributed by atoms with Gasteiger partial charge in [0.1, 0.15) is 11.9 Å². The van der Waals surface area contributed by atoms with Gasteiger partial charge >= 0.3 is 6.03 Å². The van der Waals surface area contributed by atoms with Crippen LogP contribution in [0.4, 0.5) is 4.79 Å². The monoisotopic (exact) mass is 251 g/mol. The Bertz CT molecular complexity index is 490. The lowest BCUT2D eigenvalue weighted by Crippen LogP contribution is -2.38. The summed E-state index contributed by atoms with van der Waals surface area (Å²) in [4.78, 5) is 19.8. The molecule has 1 aromatic heterocycles. The molecule has 1 aliphatic heterocycles. The summed E-state index contributed by atoms with van der Waals surface area (Å²) in [5.74, 6) is 0.407. The summed E-state index contributed by atoms with van der Waals surface area (Å²) >= 11 is 1.72. The lowest BCUT2D eigenvalue weighted by atomic mass is 10.0. The summed E-state index contributed by atoms with van der Waals surface area (Å²) < 4.78 is 0. The number of carbonyl (C=O) groups is 1. The number of amides is 2. The number of thiophene rings is 1. The van der Waals surface area contributed by atoms with Crippen LogP contribution in [-0.4, -0.2) is 22.8 Å². The van der Waals surface area contributed by atoms with Crippen molar-refractivity contribution in [1.82, 2.24) is 4.90 Å². The van der Waals surface area contributed by atoms with Crippen molar-refractivity contribution < 1.29 is 4.79 Å². The lowest BCUT2D eigenvalue weighted by molar-refractivity contribution is 0.190. The van der Waals surface area contributed by atoms with E-state index in [-0.39, 0.29) is 18.1 Å². The van der Waals surface area contributed by atoms with Crippen LogP contribution in [-0.2, 0) is 0 Å². The maximum Gasteiger partial charge on any atom is 0.346 e. The third-order valence-corrected chi connectivity index (χ3v) is 3.92. The van der Waals surface area contributed by atoms with Crippen molar-refractivity contribution in [2.24, 2.45) is 10.7 Å². The fourth-order valence-electron chi connectivity index (χ4n) is 2.23. The van der Waals surface area contributed by atoms with Crippen LogP contribution in [0, 0.1) is 13.8 Å². The van der Waals surface area contributed by atoms with Gasteiger partial charge in [-0.15, -0.1) is 11.3 Å². The van der Waals surface area contributed by atoms with Crippen LogP contribution < -0.4 is 5.73 Å². The van der Waals surface area contributed by atoms with E-state index in [0.717, 1.165) is 5.56 Å². The Morgan fingerprint density at radius 2 is 2.12 bits per heavy atom. The highest BCUT2D eigenvalue weighted by Crippen LogP contribution is 2.34. The zero-order chi connectivity index (χ0) is 12.7. The fourth-order valence-corrected chi connectivity index (χ4v) is 3.19. The molecule has 2 heterocycles. The van der Waals surface area contributed by atoms with E-state index in [9.17, 15) is 4.79 Å². The van der Waals surface area contributed by atoms with Gasteiger partial charge in [0.05, 0.1) is 0 Å². The Hall–Kier alpha value is -1.36. The summed E-state index contributed by atoms with van der Waals surface area (Å²) in [7, 11) is 0. The van der Waals surface area contributed by atoms with E-state index in [2.05, 4.69) is 24.9 Å². The molecule has 0 bridgehead atoms. The summed E-state index contributed by atoms with van der Waals surface area (Å²) in [5.41, 5.74) is 7.00. The molecular weight excluding hydrogens is 234 g/mol. The normalized spacial score (nSPS) is 20.3. The van der Waals surface area contributed by atoms with Crippen LogP contribution in [0.5, 0.6) is 0 Å². The molecule has 0 fully saturated rings. The quantitative estimate of drug-likeness (QED) is 0.878. The summed E-state index contributed by atoms with van der Waals surface area (Å²) in [5, 5.41) is 0. The van der Waals surface area contributed by atoms with Crippen LogP contribution in [0.3, 0.4) is 0 Å². The van der Waals surface area contributed by atoms with Crippen molar-refractivity contribution in [3.63, 3.8) is 0 Å². The van der Waals surface area contributed by atoms with Gasteiger partial charge in [-0.2, -0.15) is 4.99 Å². The number of hydrogen-bond donors (Lipinski definition) is 1. The van der Waals surface area contributed by atoms with E-state index in [4.69, 9.17) is 5.73 Å². The second kappa shape index (κ2) is 4.14. The van der Waals surface area contributed by atoms with Crippen LogP contribution in [0.25, 0.3) is 0 Å². The predicted octanol–water partition coefficient (Wildman–Crippen LogP) is 2.61. The van der Waals surface area contributed by atoms with Gasteiger partial charge in [0.15, 0.2) is 0 Å². The van der Waals surface area contributed by atoms with Gasteiger partial charge in [0.25, 0.3) is 0 Å². The minimum Gasteiger partial charge on any atom is -0.385 e. The molecule has 0 radical (unpaired) electrons. The zero-order valence-electron chi connectivity index (χ0n) is 10.5. The third kappa shape index (κ3) is 1.95. The summed E-state index contributed by atoms with van der Waals surface area (Å²) in [6.07, 6.45) is 0. The number of aliphatic imine (C=N–C) groups is 1. The van der Waals surface area contributed by atoms with E-state index in [0.29, 0.717) is 5.84 Å². The number of rotatable bonds is 2. The average Bonchev–Trinajstić information content (AvgIpc) is 2.66. The Kier molecular flexibility index (Phi) is 2.95. The molecule has 2 amide bonds. The Labute approximate surface area is 105 Å². The molecule has 0 aromatic carbocycles. The van der Waals surface area contributed by atoms with Crippen LogP contribution >= 0.6 is 11.3 Å². The predicted molar refractivity (Wildman–Crippen MR) is 70.5 cm³/mol. The van der Waals surface area contributed by atoms with E-state index >= 15 is 0 Å². The summed E-state index contributed by atoms with van der Waals surface area (Å²) in [6.45, 7) is 8.08. The zero-order valence-corrected chi connectivity index (χ0v) is 11.3. The standard InChI is InChI=1S/C12H17N3OS/c1-6(2)15-10(11(13)14-12(15)16)9-5-7(3)17-8(9)4/h5-6,10H,1-4H3,(H2,13,14,16). The van der Waals surface area contributed by atoms with Crippen molar-refractivity contribution in [2.75, 3.05) is 0 Å². The van der Waals surface area contributed by atoms with E-state index in [1.165, 1.54) is 9.75 Å². The highest BCUT2D eigenvalue weighted by molar-refractivity contribution is 7.12. The Balaban J connectivity index is 2.46. The first kappa shape index (κ1) is 12.1. The lowest BCUT2D eigenvalue weighted by Gasteiger charge is -2.27. The molecule has 1 aromatic rings. The SMILES string of the molecule is Cc1cc(C2C(N)=NC(=O)N2C(C)C)c(C)s1. The van der Waals surface area contributed by atoms with Gasteiger partial charge < -0.3 is 10.6 Å². The number of nitrogens with two attached hydrogens (primary N) is 1. The first-order valence-electron chi connectivity index (χ1n) is 5.65. The van der Waals surface area contributed by atoms with E-state index in [1.807, 2.05) is 13.8 Å². The maximum atomic E-state index is 11.8. The van der Waals surface area contributed by atoms with Crippen LogP contribution in [0.15, 0.2) is 11.1 Å². The topological polar surface area (TPSA) is 58.7 Å². The van der Waals surface area contributed by atoms with Gasteiger partial charge in [-0.1, -0.05) is 0 Å². The van der Waals surface area contributed by atoms with Gasteiger partial charge in [-0.3, -0.25) is 0 Å². The molecule has 0 saturated heterocycles. The van der Waals surface area contributed by atoms with E-state index < -0.39 is 0 Å². The second-order valence-electron chi connectivity index (χ2n) is 4.59. The number of amidine groups is 1. The maximum absolute atomic E-state index is 11.8. The minimum absolute atomic E-state index is 0.0944. The number of carbonyl (C=O) groups excluding carboxylic acids is 1. The molecule has 0 aliphatic carbocycles. The second-order valence-corrected chi connectivity index (χ2v) is 6.05. The van der Waals surface area contributed by atoms with Crippen molar-refractivity contribution in [3.8, 4) is 0 Å². The molecule has 2 rings (SSSR count).